The molecule has 1 aliphatic carbocycles. The Balaban J connectivity index is 1.67. The summed E-state index contributed by atoms with van der Waals surface area (Å²) in [5.41, 5.74) is 0.388. The zero-order valence-corrected chi connectivity index (χ0v) is 19.1. The highest BCUT2D eigenvalue weighted by Gasteiger charge is 2.54. The number of likely N-dealkylation sites (tertiary alicyclic amines) is 1. The van der Waals surface area contributed by atoms with Crippen molar-refractivity contribution in [1.82, 2.24) is 15.1 Å². The van der Waals surface area contributed by atoms with Gasteiger partial charge in [0.05, 0.1) is 22.7 Å². The summed E-state index contributed by atoms with van der Waals surface area (Å²) in [4.78, 5) is 45.9. The van der Waals surface area contributed by atoms with Crippen molar-refractivity contribution in [2.24, 2.45) is 17.8 Å². The third-order valence-corrected chi connectivity index (χ3v) is 7.37. The second-order valence-electron chi connectivity index (χ2n) is 9.50. The highest BCUT2D eigenvalue weighted by atomic mass is 16.2. The number of para-hydroxylation sites is 1. The summed E-state index contributed by atoms with van der Waals surface area (Å²) in [6.07, 6.45) is 0.915. The summed E-state index contributed by atoms with van der Waals surface area (Å²) in [7, 11) is 0. The van der Waals surface area contributed by atoms with Gasteiger partial charge in [0.2, 0.25) is 11.8 Å². The van der Waals surface area contributed by atoms with E-state index in [-0.39, 0.29) is 23.6 Å². The second kappa shape index (κ2) is 8.26. The number of fused-ring (bicyclic) bond motifs is 2. The SMILES string of the molecule is CCN(CC)CCN1C(=O)[C@@H]2CN(C(=O)[C@H]3C[C@@H]3C)C[C@]2(C)NC(=O)c2ccccc21. The minimum Gasteiger partial charge on any atom is -0.344 e. The van der Waals surface area contributed by atoms with E-state index in [0.29, 0.717) is 36.8 Å². The minimum atomic E-state index is -0.775. The molecule has 1 N–H and O–H groups in total. The highest BCUT2D eigenvalue weighted by Crippen LogP contribution is 2.42. The summed E-state index contributed by atoms with van der Waals surface area (Å²) in [5, 5.41) is 3.12. The van der Waals surface area contributed by atoms with E-state index in [0.717, 1.165) is 26.1 Å². The van der Waals surface area contributed by atoms with Crippen LogP contribution in [0, 0.1) is 17.8 Å². The van der Waals surface area contributed by atoms with Crippen LogP contribution in [0.15, 0.2) is 24.3 Å². The Morgan fingerprint density at radius 2 is 1.90 bits per heavy atom. The van der Waals surface area contributed by atoms with Crippen molar-refractivity contribution < 1.29 is 14.4 Å². The van der Waals surface area contributed by atoms with Crippen LogP contribution in [-0.4, -0.2) is 72.3 Å². The summed E-state index contributed by atoms with van der Waals surface area (Å²) in [6, 6.07) is 7.31. The van der Waals surface area contributed by atoms with Crippen molar-refractivity contribution in [1.29, 1.82) is 0 Å². The van der Waals surface area contributed by atoms with Crippen molar-refractivity contribution in [3.05, 3.63) is 29.8 Å². The standard InChI is InChI=1S/C24H34N4O3/c1-5-26(6-2)11-12-28-20-10-8-7-9-17(20)21(29)25-24(4)15-27(14-19(24)23(28)31)22(30)18-13-16(18)3/h7-10,16,18-19H,5-6,11-15H2,1-4H3,(H,25,29)/t16-,18-,19-,24-/m0/s1. The Bertz CT molecular complexity index is 883. The fourth-order valence-corrected chi connectivity index (χ4v) is 5.09. The zero-order chi connectivity index (χ0) is 22.3. The lowest BCUT2D eigenvalue weighted by Gasteiger charge is -2.38. The van der Waals surface area contributed by atoms with Gasteiger partial charge in [-0.1, -0.05) is 32.9 Å². The van der Waals surface area contributed by atoms with E-state index in [4.69, 9.17) is 0 Å². The first-order valence-corrected chi connectivity index (χ1v) is 11.5. The molecule has 1 aromatic carbocycles. The number of carbonyl (C=O) groups excluding carboxylic acids is 3. The van der Waals surface area contributed by atoms with Crippen molar-refractivity contribution in [2.45, 2.75) is 39.7 Å². The van der Waals surface area contributed by atoms with E-state index in [9.17, 15) is 14.4 Å². The average molecular weight is 427 g/mol. The molecule has 3 aliphatic rings. The van der Waals surface area contributed by atoms with Crippen LogP contribution in [0.25, 0.3) is 0 Å². The Hall–Kier alpha value is -2.41. The highest BCUT2D eigenvalue weighted by molar-refractivity contribution is 6.08. The van der Waals surface area contributed by atoms with Crippen molar-refractivity contribution >= 4 is 23.4 Å². The summed E-state index contributed by atoms with van der Waals surface area (Å²) < 4.78 is 0. The first kappa shape index (κ1) is 21.8. The van der Waals surface area contributed by atoms with Crippen LogP contribution in [0.2, 0.25) is 0 Å². The van der Waals surface area contributed by atoms with Gasteiger partial charge in [-0.15, -0.1) is 0 Å². The topological polar surface area (TPSA) is 73.0 Å². The number of nitrogens with one attached hydrogen (secondary N) is 1. The van der Waals surface area contributed by atoms with Crippen LogP contribution < -0.4 is 10.2 Å². The first-order valence-electron chi connectivity index (χ1n) is 11.5. The Morgan fingerprint density at radius 1 is 1.23 bits per heavy atom. The van der Waals surface area contributed by atoms with Crippen LogP contribution in [0.5, 0.6) is 0 Å². The van der Waals surface area contributed by atoms with Crippen LogP contribution in [0.1, 0.15) is 44.5 Å². The third kappa shape index (κ3) is 3.95. The van der Waals surface area contributed by atoms with Gasteiger partial charge in [-0.05, 0) is 44.5 Å². The molecule has 2 heterocycles. The van der Waals surface area contributed by atoms with Gasteiger partial charge < -0.3 is 20.0 Å². The van der Waals surface area contributed by atoms with Crippen molar-refractivity contribution in [3.8, 4) is 0 Å². The van der Waals surface area contributed by atoms with Crippen molar-refractivity contribution in [3.63, 3.8) is 0 Å². The van der Waals surface area contributed by atoms with Crippen molar-refractivity contribution in [2.75, 3.05) is 44.2 Å². The first-order chi connectivity index (χ1) is 14.8. The van der Waals surface area contributed by atoms with Crippen LogP contribution in [0.4, 0.5) is 5.69 Å². The van der Waals surface area contributed by atoms with E-state index in [1.807, 2.05) is 25.1 Å². The van der Waals surface area contributed by atoms with Crippen LogP contribution >= 0.6 is 0 Å². The van der Waals surface area contributed by atoms with E-state index in [1.165, 1.54) is 0 Å². The lowest BCUT2D eigenvalue weighted by Crippen LogP contribution is -2.59. The molecular weight excluding hydrogens is 392 g/mol. The van der Waals surface area contributed by atoms with Gasteiger partial charge in [0, 0.05) is 32.1 Å². The molecule has 0 unspecified atom stereocenters. The van der Waals surface area contributed by atoms with Crippen LogP contribution in [-0.2, 0) is 9.59 Å². The summed E-state index contributed by atoms with van der Waals surface area (Å²) in [6.45, 7) is 12.0. The predicted octanol–water partition coefficient (Wildman–Crippen LogP) is 1.98. The maximum Gasteiger partial charge on any atom is 0.253 e. The van der Waals surface area contributed by atoms with Gasteiger partial charge in [-0.25, -0.2) is 0 Å². The normalized spacial score (nSPS) is 29.9. The Morgan fingerprint density at radius 3 is 2.55 bits per heavy atom. The Labute approximate surface area is 184 Å². The third-order valence-electron chi connectivity index (χ3n) is 7.37. The summed E-state index contributed by atoms with van der Waals surface area (Å²) in [5.74, 6) is -0.0588. The van der Waals surface area contributed by atoms with E-state index < -0.39 is 11.5 Å². The molecule has 168 valence electrons. The number of likely N-dealkylation sites (N-methyl/N-ethyl adjacent to an activating group) is 1. The molecule has 7 nitrogen and oxygen atoms in total. The Kier molecular flexibility index (Phi) is 5.81. The van der Waals surface area contributed by atoms with Gasteiger partial charge in [0.15, 0.2) is 0 Å². The van der Waals surface area contributed by atoms with E-state index >= 15 is 0 Å². The fraction of sp³-hybridized carbons (Fsp3) is 0.625. The maximum atomic E-state index is 13.9. The quantitative estimate of drug-likeness (QED) is 0.755. The number of amides is 3. The van der Waals surface area contributed by atoms with Gasteiger partial charge >= 0.3 is 0 Å². The van der Waals surface area contributed by atoms with Gasteiger partial charge in [0.25, 0.3) is 5.91 Å². The molecule has 2 fully saturated rings. The lowest BCUT2D eigenvalue weighted by molar-refractivity contribution is -0.132. The molecule has 4 rings (SSSR count). The molecule has 0 aromatic heterocycles. The molecule has 4 atom stereocenters. The molecule has 3 amide bonds. The molecule has 1 saturated carbocycles. The van der Waals surface area contributed by atoms with Gasteiger partial charge in [0.1, 0.15) is 0 Å². The van der Waals surface area contributed by atoms with E-state index in [2.05, 4.69) is 31.0 Å². The largest absolute Gasteiger partial charge is 0.344 e. The number of hydrogen-bond acceptors (Lipinski definition) is 4. The molecule has 7 heteroatoms. The van der Waals surface area contributed by atoms with E-state index in [1.54, 1.807) is 15.9 Å². The molecular formula is C24H34N4O3. The number of nitrogens with zero attached hydrogens (tertiary/aromatic N) is 3. The minimum absolute atomic E-state index is 0.0127. The van der Waals surface area contributed by atoms with Crippen LogP contribution in [0.3, 0.4) is 0 Å². The molecule has 31 heavy (non-hydrogen) atoms. The predicted molar refractivity (Wildman–Crippen MR) is 120 cm³/mol. The number of hydrogen-bond donors (Lipinski definition) is 1. The molecule has 2 aliphatic heterocycles. The maximum absolute atomic E-state index is 13.9. The molecule has 0 bridgehead atoms. The number of rotatable bonds is 6. The second-order valence-corrected chi connectivity index (χ2v) is 9.50. The monoisotopic (exact) mass is 426 g/mol. The molecule has 1 saturated heterocycles. The molecule has 0 radical (unpaired) electrons. The van der Waals surface area contributed by atoms with Gasteiger partial charge in [-0.2, -0.15) is 0 Å². The molecule has 1 aromatic rings. The number of anilines is 1. The lowest BCUT2D eigenvalue weighted by atomic mass is 9.86. The zero-order valence-electron chi connectivity index (χ0n) is 19.1. The smallest absolute Gasteiger partial charge is 0.253 e. The number of carbonyl (C=O) groups is 3. The average Bonchev–Trinajstić information content (AvgIpc) is 3.39. The summed E-state index contributed by atoms with van der Waals surface area (Å²) >= 11 is 0. The fourth-order valence-electron chi connectivity index (χ4n) is 5.09. The molecule has 0 spiro atoms. The van der Waals surface area contributed by atoms with Gasteiger partial charge in [-0.3, -0.25) is 14.4 Å². The number of benzene rings is 1.